The van der Waals surface area contributed by atoms with Crippen molar-refractivity contribution in [2.45, 2.75) is 23.8 Å². The summed E-state index contributed by atoms with van der Waals surface area (Å²) < 4.78 is 28.4. The average molecular weight is 442 g/mol. The molecule has 12 heteroatoms. The lowest BCUT2D eigenvalue weighted by Crippen LogP contribution is -2.29. The van der Waals surface area contributed by atoms with Crippen LogP contribution in [-0.2, 0) is 10.0 Å². The largest absolute Gasteiger partial charge is 0.298 e. The standard InChI is InChI=1S/C19H18N6O5S/c26-19(13-11-20-24(12-13)16-5-7-17(8-6-16)25(27)28)22-21-14-3-9-18(10-4-14)31(29,30)23-15-1-2-15/h3-12,15,21,23H,1-2H2,(H,22,26). The Balaban J connectivity index is 1.36. The quantitative estimate of drug-likeness (QED) is 0.357. The van der Waals surface area contributed by atoms with E-state index in [9.17, 15) is 23.3 Å². The van der Waals surface area contributed by atoms with Crippen LogP contribution in [0.2, 0.25) is 0 Å². The van der Waals surface area contributed by atoms with E-state index in [0.717, 1.165) is 12.8 Å². The Morgan fingerprint density at radius 1 is 1.10 bits per heavy atom. The Hall–Kier alpha value is -3.77. The average Bonchev–Trinajstić information content (AvgIpc) is 3.42. The lowest BCUT2D eigenvalue weighted by Gasteiger charge is -2.09. The Morgan fingerprint density at radius 3 is 2.39 bits per heavy atom. The number of hydrogen-bond donors (Lipinski definition) is 3. The normalized spacial score (nSPS) is 13.5. The summed E-state index contributed by atoms with van der Waals surface area (Å²) in [5.74, 6) is -0.458. The van der Waals surface area contributed by atoms with Crippen molar-refractivity contribution in [1.82, 2.24) is 19.9 Å². The minimum atomic E-state index is -3.53. The number of benzene rings is 2. The summed E-state index contributed by atoms with van der Waals surface area (Å²) in [5, 5.41) is 14.8. The maximum atomic E-state index is 12.3. The number of hydrazine groups is 1. The number of rotatable bonds is 8. The fourth-order valence-corrected chi connectivity index (χ4v) is 4.02. The van der Waals surface area contributed by atoms with Gasteiger partial charge in [-0.25, -0.2) is 17.8 Å². The lowest BCUT2D eigenvalue weighted by atomic mass is 10.3. The van der Waals surface area contributed by atoms with E-state index in [4.69, 9.17) is 0 Å². The van der Waals surface area contributed by atoms with Crippen molar-refractivity contribution < 1.29 is 18.1 Å². The molecule has 0 atom stereocenters. The molecule has 3 aromatic rings. The minimum absolute atomic E-state index is 0.0222. The first-order valence-corrected chi connectivity index (χ1v) is 10.8. The second kappa shape index (κ2) is 8.16. The van der Waals surface area contributed by atoms with E-state index < -0.39 is 20.9 Å². The van der Waals surface area contributed by atoms with E-state index in [1.165, 1.54) is 53.5 Å². The molecule has 1 aromatic heterocycles. The molecule has 11 nitrogen and oxygen atoms in total. The molecule has 1 amide bonds. The zero-order valence-corrected chi connectivity index (χ0v) is 16.9. The Morgan fingerprint density at radius 2 is 1.77 bits per heavy atom. The van der Waals surface area contributed by atoms with Crippen LogP contribution in [0.15, 0.2) is 65.8 Å². The summed E-state index contributed by atoms with van der Waals surface area (Å²) in [6, 6.07) is 11.8. The molecule has 1 fully saturated rings. The first-order chi connectivity index (χ1) is 14.8. The number of nitrogens with one attached hydrogen (secondary N) is 3. The number of anilines is 1. The monoisotopic (exact) mass is 442 g/mol. The number of carbonyl (C=O) groups excluding carboxylic acids is 1. The third-order valence-electron chi connectivity index (χ3n) is 4.55. The predicted molar refractivity (Wildman–Crippen MR) is 111 cm³/mol. The van der Waals surface area contributed by atoms with Crippen molar-refractivity contribution >= 4 is 27.3 Å². The molecule has 0 unspecified atom stereocenters. The van der Waals surface area contributed by atoms with Gasteiger partial charge in [0.05, 0.1) is 33.0 Å². The molecule has 4 rings (SSSR count). The Labute approximate surface area is 177 Å². The van der Waals surface area contributed by atoms with Crippen LogP contribution in [0.4, 0.5) is 11.4 Å². The number of nitrogens with zero attached hydrogens (tertiary/aromatic N) is 3. The van der Waals surface area contributed by atoms with Gasteiger partial charge in [-0.15, -0.1) is 0 Å². The minimum Gasteiger partial charge on any atom is -0.298 e. The summed E-state index contributed by atoms with van der Waals surface area (Å²) in [6.45, 7) is 0. The Bertz CT molecular complexity index is 1220. The first-order valence-electron chi connectivity index (χ1n) is 9.30. The lowest BCUT2D eigenvalue weighted by molar-refractivity contribution is -0.384. The van der Waals surface area contributed by atoms with E-state index >= 15 is 0 Å². The number of carbonyl (C=O) groups is 1. The second-order valence-corrected chi connectivity index (χ2v) is 8.66. The number of amides is 1. The predicted octanol–water partition coefficient (Wildman–Crippen LogP) is 1.98. The summed E-state index contributed by atoms with van der Waals surface area (Å²) in [4.78, 5) is 22.7. The smallest absolute Gasteiger partial charge is 0.272 e. The van der Waals surface area contributed by atoms with E-state index in [1.54, 1.807) is 12.1 Å². The zero-order valence-electron chi connectivity index (χ0n) is 16.1. The van der Waals surface area contributed by atoms with Crippen molar-refractivity contribution in [1.29, 1.82) is 0 Å². The molecular weight excluding hydrogens is 424 g/mol. The zero-order chi connectivity index (χ0) is 22.0. The van der Waals surface area contributed by atoms with Crippen molar-refractivity contribution in [3.05, 3.63) is 76.6 Å². The molecule has 1 saturated carbocycles. The number of nitro groups is 1. The molecule has 0 aliphatic heterocycles. The molecule has 0 bridgehead atoms. The molecule has 31 heavy (non-hydrogen) atoms. The highest BCUT2D eigenvalue weighted by Crippen LogP contribution is 2.22. The van der Waals surface area contributed by atoms with Gasteiger partial charge in [0.15, 0.2) is 0 Å². The molecule has 1 heterocycles. The highest BCUT2D eigenvalue weighted by molar-refractivity contribution is 7.89. The number of non-ortho nitro benzene ring substituents is 1. The Kier molecular flexibility index (Phi) is 5.40. The first kappa shape index (κ1) is 20.5. The molecule has 0 spiro atoms. The van der Waals surface area contributed by atoms with Crippen molar-refractivity contribution in [2.24, 2.45) is 0 Å². The van der Waals surface area contributed by atoms with E-state index in [1.807, 2.05) is 0 Å². The topological polar surface area (TPSA) is 148 Å². The fraction of sp³-hybridized carbons (Fsp3) is 0.158. The van der Waals surface area contributed by atoms with Crippen LogP contribution in [0.1, 0.15) is 23.2 Å². The van der Waals surface area contributed by atoms with Gasteiger partial charge < -0.3 is 0 Å². The molecule has 1 aliphatic rings. The van der Waals surface area contributed by atoms with Gasteiger partial charge in [0.1, 0.15) is 0 Å². The SMILES string of the molecule is O=C(NNc1ccc(S(=O)(=O)NC2CC2)cc1)c1cnn(-c2ccc([N+](=O)[O-])cc2)c1. The summed E-state index contributed by atoms with van der Waals surface area (Å²) in [6.07, 6.45) is 4.55. The van der Waals surface area contributed by atoms with Crippen LogP contribution in [0.25, 0.3) is 5.69 Å². The van der Waals surface area contributed by atoms with Crippen LogP contribution in [0, 0.1) is 10.1 Å². The van der Waals surface area contributed by atoms with Crippen LogP contribution in [0.3, 0.4) is 0 Å². The van der Waals surface area contributed by atoms with E-state index in [-0.39, 0.29) is 22.2 Å². The van der Waals surface area contributed by atoms with Gasteiger partial charge >= 0.3 is 0 Å². The van der Waals surface area contributed by atoms with Gasteiger partial charge in [-0.1, -0.05) is 0 Å². The fourth-order valence-electron chi connectivity index (χ4n) is 2.72. The van der Waals surface area contributed by atoms with Crippen LogP contribution >= 0.6 is 0 Å². The molecule has 2 aromatic carbocycles. The van der Waals surface area contributed by atoms with Crippen molar-refractivity contribution in [2.75, 3.05) is 5.43 Å². The second-order valence-electron chi connectivity index (χ2n) is 6.95. The maximum Gasteiger partial charge on any atom is 0.272 e. The van der Waals surface area contributed by atoms with Crippen molar-refractivity contribution in [3.63, 3.8) is 0 Å². The van der Waals surface area contributed by atoms with E-state index in [0.29, 0.717) is 11.4 Å². The number of nitro benzene ring substituents is 1. The van der Waals surface area contributed by atoms with Crippen LogP contribution in [-0.4, -0.2) is 35.1 Å². The molecule has 1 aliphatic carbocycles. The molecular formula is C19H18N6O5S. The number of hydrogen-bond acceptors (Lipinski definition) is 7. The summed E-state index contributed by atoms with van der Waals surface area (Å²) in [5.41, 5.74) is 6.51. The van der Waals surface area contributed by atoms with Gasteiger partial charge in [-0.05, 0) is 49.2 Å². The highest BCUT2D eigenvalue weighted by atomic mass is 32.2. The molecule has 160 valence electrons. The van der Waals surface area contributed by atoms with Gasteiger partial charge in [0.2, 0.25) is 10.0 Å². The van der Waals surface area contributed by atoms with Gasteiger partial charge in [0, 0.05) is 24.4 Å². The van der Waals surface area contributed by atoms with Gasteiger partial charge in [-0.3, -0.25) is 25.8 Å². The molecule has 0 saturated heterocycles. The van der Waals surface area contributed by atoms with Crippen molar-refractivity contribution in [3.8, 4) is 5.69 Å². The third-order valence-corrected chi connectivity index (χ3v) is 6.09. The summed E-state index contributed by atoms with van der Waals surface area (Å²) in [7, 11) is -3.53. The molecule has 3 N–H and O–H groups in total. The van der Waals surface area contributed by atoms with Crippen LogP contribution in [0.5, 0.6) is 0 Å². The number of aromatic nitrogens is 2. The van der Waals surface area contributed by atoms with E-state index in [2.05, 4.69) is 20.7 Å². The third kappa shape index (κ3) is 4.87. The maximum absolute atomic E-state index is 12.3. The molecule has 0 radical (unpaired) electrons. The van der Waals surface area contributed by atoms with Crippen LogP contribution < -0.4 is 15.6 Å². The van der Waals surface area contributed by atoms with Gasteiger partial charge in [0.25, 0.3) is 11.6 Å². The summed E-state index contributed by atoms with van der Waals surface area (Å²) >= 11 is 0. The highest BCUT2D eigenvalue weighted by Gasteiger charge is 2.27. The van der Waals surface area contributed by atoms with Gasteiger partial charge in [-0.2, -0.15) is 5.10 Å². The number of sulfonamides is 1.